The van der Waals surface area contributed by atoms with Gasteiger partial charge in [0, 0.05) is 28.5 Å². The van der Waals surface area contributed by atoms with E-state index in [4.69, 9.17) is 0 Å². The third-order valence-corrected chi connectivity index (χ3v) is 6.77. The van der Waals surface area contributed by atoms with E-state index >= 15 is 0 Å². The van der Waals surface area contributed by atoms with Gasteiger partial charge in [0.15, 0.2) is 0 Å². The predicted molar refractivity (Wildman–Crippen MR) is 141 cm³/mol. The van der Waals surface area contributed by atoms with Gasteiger partial charge in [0.05, 0.1) is 28.4 Å². The monoisotopic (exact) mass is 475 g/mol. The number of nitrogens with zero attached hydrogens (tertiary/aromatic N) is 2. The molecule has 0 spiro atoms. The molecule has 0 bridgehead atoms. The van der Waals surface area contributed by atoms with Crippen LogP contribution in [0.1, 0.15) is 34.0 Å². The van der Waals surface area contributed by atoms with Crippen molar-refractivity contribution in [1.29, 1.82) is 0 Å². The number of para-hydroxylation sites is 3. The molecule has 3 aromatic heterocycles. The van der Waals surface area contributed by atoms with E-state index in [9.17, 15) is 9.59 Å². The van der Waals surface area contributed by atoms with Crippen molar-refractivity contribution in [3.63, 3.8) is 0 Å². The second-order valence-electron chi connectivity index (χ2n) is 8.98. The lowest BCUT2D eigenvalue weighted by molar-refractivity contribution is 0.831. The largest absolute Gasteiger partial charge is 0.361 e. The Hall–Kier alpha value is -4.78. The number of rotatable bonds is 5. The maximum absolute atomic E-state index is 13.9. The minimum Gasteiger partial charge on any atom is -0.361 e. The average Bonchev–Trinajstić information content (AvgIpc) is 3.56. The molecule has 7 heteroatoms. The third-order valence-electron chi connectivity index (χ3n) is 6.77. The van der Waals surface area contributed by atoms with Crippen LogP contribution in [0.5, 0.6) is 0 Å². The van der Waals surface area contributed by atoms with Gasteiger partial charge in [-0.3, -0.25) is 19.8 Å². The highest BCUT2D eigenvalue weighted by Gasteiger charge is 2.32. The second-order valence-corrected chi connectivity index (χ2v) is 8.98. The lowest BCUT2D eigenvalue weighted by Crippen LogP contribution is -2.25. The summed E-state index contributed by atoms with van der Waals surface area (Å²) in [7, 11) is 0. The minimum absolute atomic E-state index is 0.180. The fourth-order valence-corrected chi connectivity index (χ4v) is 5.10. The smallest absolute Gasteiger partial charge is 0.275 e. The SMILES string of the molecule is Cc1[nH]n(-c2ccccc2)c(=O)c1C(c1c(C)[nH]n(-c2ccccc2)c1=O)c1c[nH]c2ccccc12. The van der Waals surface area contributed by atoms with E-state index < -0.39 is 5.92 Å². The summed E-state index contributed by atoms with van der Waals surface area (Å²) >= 11 is 0. The van der Waals surface area contributed by atoms with Crippen molar-refractivity contribution in [3.8, 4) is 11.4 Å². The summed E-state index contributed by atoms with van der Waals surface area (Å²) in [6.45, 7) is 3.77. The molecule has 0 fully saturated rings. The van der Waals surface area contributed by atoms with Crippen molar-refractivity contribution in [3.05, 3.63) is 140 Å². The third kappa shape index (κ3) is 3.36. The average molecular weight is 476 g/mol. The first-order valence-electron chi connectivity index (χ1n) is 11.8. The molecule has 0 aliphatic heterocycles. The molecular weight excluding hydrogens is 450 g/mol. The Kier molecular flexibility index (Phi) is 5.11. The maximum Gasteiger partial charge on any atom is 0.275 e. The van der Waals surface area contributed by atoms with Crippen LogP contribution >= 0.6 is 0 Å². The Bertz CT molecular complexity index is 1700. The summed E-state index contributed by atoms with van der Waals surface area (Å²) in [5.74, 6) is -0.580. The summed E-state index contributed by atoms with van der Waals surface area (Å²) < 4.78 is 3.09. The first-order valence-corrected chi connectivity index (χ1v) is 11.8. The highest BCUT2D eigenvalue weighted by molar-refractivity contribution is 5.85. The van der Waals surface area contributed by atoms with Crippen molar-refractivity contribution < 1.29 is 0 Å². The number of H-pyrrole nitrogens is 3. The Labute approximate surface area is 206 Å². The number of aromatic amines is 3. The van der Waals surface area contributed by atoms with E-state index in [1.165, 1.54) is 0 Å². The molecule has 0 saturated heterocycles. The summed E-state index contributed by atoms with van der Waals surface area (Å²) in [5.41, 5.74) is 5.46. The molecule has 0 aliphatic rings. The highest BCUT2D eigenvalue weighted by atomic mass is 16.1. The molecule has 6 rings (SSSR count). The molecule has 0 atom stereocenters. The highest BCUT2D eigenvalue weighted by Crippen LogP contribution is 2.36. The standard InChI is InChI=1S/C29H25N5O2/c1-18-25(28(35)33(31-18)20-11-5-3-6-12-20)27(23-17-30-24-16-10-9-15-22(23)24)26-19(2)32-34(29(26)36)21-13-7-4-8-14-21/h3-17,27,30-32H,1-2H3. The van der Waals surface area contributed by atoms with Gasteiger partial charge in [-0.1, -0.05) is 54.6 Å². The van der Waals surface area contributed by atoms with Gasteiger partial charge in [-0.15, -0.1) is 0 Å². The van der Waals surface area contributed by atoms with Gasteiger partial charge in [0.2, 0.25) is 0 Å². The molecule has 7 nitrogen and oxygen atoms in total. The number of aryl methyl sites for hydroxylation is 2. The van der Waals surface area contributed by atoms with Crippen LogP contribution in [-0.4, -0.2) is 24.5 Å². The van der Waals surface area contributed by atoms with Crippen LogP contribution in [0.15, 0.2) is 101 Å². The number of benzene rings is 3. The van der Waals surface area contributed by atoms with E-state index in [-0.39, 0.29) is 11.1 Å². The van der Waals surface area contributed by atoms with Crippen molar-refractivity contribution in [2.45, 2.75) is 19.8 Å². The lowest BCUT2D eigenvalue weighted by atomic mass is 9.85. The van der Waals surface area contributed by atoms with E-state index in [2.05, 4.69) is 15.2 Å². The molecule has 3 heterocycles. The summed E-state index contributed by atoms with van der Waals surface area (Å²) in [6, 6.07) is 26.9. The number of nitrogens with one attached hydrogen (secondary N) is 3. The zero-order valence-electron chi connectivity index (χ0n) is 19.9. The second kappa shape index (κ2) is 8.46. The molecule has 3 N–H and O–H groups in total. The molecule has 3 aromatic carbocycles. The summed E-state index contributed by atoms with van der Waals surface area (Å²) in [6.07, 6.45) is 1.91. The van der Waals surface area contributed by atoms with Crippen LogP contribution in [0, 0.1) is 13.8 Å². The van der Waals surface area contributed by atoms with Crippen LogP contribution in [0.4, 0.5) is 0 Å². The number of aromatic nitrogens is 5. The number of hydrogen-bond acceptors (Lipinski definition) is 2. The Morgan fingerprint density at radius 1 is 0.639 bits per heavy atom. The number of fused-ring (bicyclic) bond motifs is 1. The van der Waals surface area contributed by atoms with Gasteiger partial charge in [0.1, 0.15) is 0 Å². The fraction of sp³-hybridized carbons (Fsp3) is 0.103. The van der Waals surface area contributed by atoms with Gasteiger partial charge in [-0.2, -0.15) is 0 Å². The zero-order valence-corrected chi connectivity index (χ0v) is 19.9. The first kappa shape index (κ1) is 21.7. The van der Waals surface area contributed by atoms with Crippen molar-refractivity contribution in [2.24, 2.45) is 0 Å². The van der Waals surface area contributed by atoms with E-state index in [1.807, 2.05) is 105 Å². The van der Waals surface area contributed by atoms with Gasteiger partial charge >= 0.3 is 0 Å². The maximum atomic E-state index is 13.9. The van der Waals surface area contributed by atoms with Crippen LogP contribution in [0.25, 0.3) is 22.3 Å². The summed E-state index contributed by atoms with van der Waals surface area (Å²) in [4.78, 5) is 31.2. The van der Waals surface area contributed by atoms with Crippen LogP contribution < -0.4 is 11.1 Å². The molecular formula is C29H25N5O2. The quantitative estimate of drug-likeness (QED) is 0.330. The fourth-order valence-electron chi connectivity index (χ4n) is 5.10. The molecule has 0 radical (unpaired) electrons. The Morgan fingerprint density at radius 2 is 1.11 bits per heavy atom. The molecule has 0 aliphatic carbocycles. The van der Waals surface area contributed by atoms with Crippen molar-refractivity contribution in [1.82, 2.24) is 24.5 Å². The Balaban J connectivity index is 1.65. The predicted octanol–water partition coefficient (Wildman–Crippen LogP) is 4.92. The van der Waals surface area contributed by atoms with Crippen molar-refractivity contribution in [2.75, 3.05) is 0 Å². The van der Waals surface area contributed by atoms with Gasteiger partial charge in [-0.25, -0.2) is 9.36 Å². The molecule has 178 valence electrons. The zero-order chi connectivity index (χ0) is 24.8. The minimum atomic E-state index is -0.580. The first-order chi connectivity index (χ1) is 17.5. The Morgan fingerprint density at radius 3 is 1.64 bits per heavy atom. The number of hydrogen-bond donors (Lipinski definition) is 3. The molecule has 0 saturated carbocycles. The summed E-state index contributed by atoms with van der Waals surface area (Å²) in [5, 5.41) is 7.46. The van der Waals surface area contributed by atoms with Gasteiger partial charge < -0.3 is 4.98 Å². The van der Waals surface area contributed by atoms with E-state index in [0.717, 1.165) is 27.8 Å². The van der Waals surface area contributed by atoms with Crippen LogP contribution in [0.3, 0.4) is 0 Å². The van der Waals surface area contributed by atoms with Gasteiger partial charge in [0.25, 0.3) is 11.1 Å². The normalized spacial score (nSPS) is 11.5. The van der Waals surface area contributed by atoms with Crippen molar-refractivity contribution >= 4 is 10.9 Å². The molecule has 36 heavy (non-hydrogen) atoms. The topological polar surface area (TPSA) is 91.4 Å². The van der Waals surface area contributed by atoms with E-state index in [1.54, 1.807) is 9.36 Å². The molecule has 0 amide bonds. The van der Waals surface area contributed by atoms with Gasteiger partial charge in [-0.05, 0) is 49.7 Å². The lowest BCUT2D eigenvalue weighted by Gasteiger charge is -2.15. The van der Waals surface area contributed by atoms with E-state index in [0.29, 0.717) is 22.5 Å². The van der Waals surface area contributed by atoms with Crippen LogP contribution in [-0.2, 0) is 0 Å². The molecule has 0 unspecified atom stereocenters. The molecule has 6 aromatic rings. The van der Waals surface area contributed by atoms with Crippen LogP contribution in [0.2, 0.25) is 0 Å².